The molecule has 0 saturated heterocycles. The van der Waals surface area contributed by atoms with E-state index in [0.29, 0.717) is 18.2 Å². The van der Waals surface area contributed by atoms with Crippen molar-refractivity contribution < 1.29 is 4.39 Å². The van der Waals surface area contributed by atoms with Crippen LogP contribution in [0.1, 0.15) is 5.56 Å². The van der Waals surface area contributed by atoms with E-state index in [4.69, 9.17) is 5.73 Å². The lowest BCUT2D eigenvalue weighted by molar-refractivity contribution is 0.624. The number of benzene rings is 2. The van der Waals surface area contributed by atoms with E-state index in [1.54, 1.807) is 25.1 Å². The van der Waals surface area contributed by atoms with Crippen LogP contribution in [0.5, 0.6) is 0 Å². The first kappa shape index (κ1) is 14.8. The molecule has 0 spiro atoms. The van der Waals surface area contributed by atoms with Crippen LogP contribution in [0.3, 0.4) is 0 Å². The van der Waals surface area contributed by atoms with Crippen LogP contribution in [-0.4, -0.2) is 20.1 Å². The molecule has 0 aliphatic rings. The second-order valence-electron chi connectivity index (χ2n) is 4.87. The first-order valence-electron chi connectivity index (χ1n) is 6.64. The van der Waals surface area contributed by atoms with Gasteiger partial charge in [-0.1, -0.05) is 24.3 Å². The van der Waals surface area contributed by atoms with Gasteiger partial charge in [0, 0.05) is 19.8 Å². The largest absolute Gasteiger partial charge is 0.375 e. The summed E-state index contributed by atoms with van der Waals surface area (Å²) in [6.45, 7) is 0.330. The molecule has 0 fully saturated rings. The summed E-state index contributed by atoms with van der Waals surface area (Å²) in [5.41, 5.74) is 8.00. The van der Waals surface area contributed by atoms with E-state index in [0.717, 1.165) is 11.3 Å². The molecule has 0 bridgehead atoms. The van der Waals surface area contributed by atoms with Crippen LogP contribution in [0.25, 0.3) is 0 Å². The van der Waals surface area contributed by atoms with Crippen molar-refractivity contribution in [2.45, 2.75) is 6.54 Å². The molecule has 2 aromatic carbocycles. The average Bonchev–Trinajstić information content (AvgIpc) is 2.46. The molecule has 2 aromatic rings. The first-order valence-corrected chi connectivity index (χ1v) is 6.64. The molecular weight excluding hydrogens is 267 g/mol. The van der Waals surface area contributed by atoms with Gasteiger partial charge in [-0.25, -0.2) is 9.38 Å². The van der Waals surface area contributed by atoms with Gasteiger partial charge in [0.1, 0.15) is 5.82 Å². The van der Waals surface area contributed by atoms with Crippen LogP contribution in [0.4, 0.5) is 15.8 Å². The minimum Gasteiger partial charge on any atom is -0.375 e. The fourth-order valence-electron chi connectivity index (χ4n) is 1.90. The maximum Gasteiger partial charge on any atom is 0.193 e. The molecule has 0 saturated carbocycles. The SMILES string of the molecule is CN(C)c1ccc(CN=C(N)Nc2ccccc2)cc1F. The van der Waals surface area contributed by atoms with Gasteiger partial charge in [-0.2, -0.15) is 0 Å². The van der Waals surface area contributed by atoms with Crippen molar-refractivity contribution in [2.24, 2.45) is 10.7 Å². The van der Waals surface area contributed by atoms with E-state index >= 15 is 0 Å². The van der Waals surface area contributed by atoms with Gasteiger partial charge in [0.05, 0.1) is 12.2 Å². The third-order valence-corrected chi connectivity index (χ3v) is 2.97. The zero-order valence-corrected chi connectivity index (χ0v) is 12.2. The summed E-state index contributed by atoms with van der Waals surface area (Å²) in [7, 11) is 3.61. The third-order valence-electron chi connectivity index (χ3n) is 2.97. The van der Waals surface area contributed by atoms with Crippen molar-refractivity contribution in [3.63, 3.8) is 0 Å². The van der Waals surface area contributed by atoms with Crippen LogP contribution in [0.15, 0.2) is 53.5 Å². The van der Waals surface area contributed by atoms with Gasteiger partial charge < -0.3 is 16.0 Å². The molecule has 3 N–H and O–H groups in total. The number of nitrogens with two attached hydrogens (primary N) is 1. The van der Waals surface area contributed by atoms with Gasteiger partial charge in [-0.15, -0.1) is 0 Å². The molecule has 0 aliphatic carbocycles. The Morgan fingerprint density at radius 1 is 1.19 bits per heavy atom. The van der Waals surface area contributed by atoms with E-state index in [1.165, 1.54) is 6.07 Å². The summed E-state index contributed by atoms with van der Waals surface area (Å²) in [5, 5.41) is 2.98. The van der Waals surface area contributed by atoms with E-state index in [2.05, 4.69) is 10.3 Å². The number of nitrogens with one attached hydrogen (secondary N) is 1. The highest BCUT2D eigenvalue weighted by Crippen LogP contribution is 2.18. The second-order valence-corrected chi connectivity index (χ2v) is 4.87. The highest BCUT2D eigenvalue weighted by atomic mass is 19.1. The van der Waals surface area contributed by atoms with Crippen LogP contribution >= 0.6 is 0 Å². The average molecular weight is 286 g/mol. The predicted octanol–water partition coefficient (Wildman–Crippen LogP) is 2.82. The number of anilines is 2. The molecule has 110 valence electrons. The van der Waals surface area contributed by atoms with Gasteiger partial charge in [0.15, 0.2) is 5.96 Å². The van der Waals surface area contributed by atoms with Crippen molar-refractivity contribution >= 4 is 17.3 Å². The maximum atomic E-state index is 13.8. The standard InChI is InChI=1S/C16H19FN4/c1-21(2)15-9-8-12(10-14(15)17)11-19-16(18)20-13-6-4-3-5-7-13/h3-10H,11H2,1-2H3,(H3,18,19,20). The van der Waals surface area contributed by atoms with Crippen LogP contribution < -0.4 is 16.0 Å². The number of hydrogen-bond donors (Lipinski definition) is 2. The van der Waals surface area contributed by atoms with Gasteiger partial charge >= 0.3 is 0 Å². The molecule has 0 radical (unpaired) electrons. The first-order chi connectivity index (χ1) is 10.1. The zero-order valence-electron chi connectivity index (χ0n) is 12.2. The Bertz CT molecular complexity index is 623. The summed E-state index contributed by atoms with van der Waals surface area (Å²) in [6, 6.07) is 14.6. The summed E-state index contributed by atoms with van der Waals surface area (Å²) < 4.78 is 13.8. The van der Waals surface area contributed by atoms with E-state index in [9.17, 15) is 4.39 Å². The van der Waals surface area contributed by atoms with Gasteiger partial charge in [0.2, 0.25) is 0 Å². The molecule has 0 amide bonds. The molecule has 0 aromatic heterocycles. The molecule has 0 heterocycles. The predicted molar refractivity (Wildman–Crippen MR) is 86.1 cm³/mol. The quantitative estimate of drug-likeness (QED) is 0.671. The van der Waals surface area contributed by atoms with E-state index < -0.39 is 0 Å². The Hall–Kier alpha value is -2.56. The highest BCUT2D eigenvalue weighted by Gasteiger charge is 2.05. The van der Waals surface area contributed by atoms with E-state index in [-0.39, 0.29) is 5.82 Å². The number of rotatable bonds is 4. The Balaban J connectivity index is 2.01. The summed E-state index contributed by atoms with van der Waals surface area (Å²) in [5.74, 6) is 0.0422. The van der Waals surface area contributed by atoms with Crippen molar-refractivity contribution in [3.05, 3.63) is 59.9 Å². The molecule has 21 heavy (non-hydrogen) atoms. The number of hydrogen-bond acceptors (Lipinski definition) is 2. The fraction of sp³-hybridized carbons (Fsp3) is 0.188. The fourth-order valence-corrected chi connectivity index (χ4v) is 1.90. The van der Waals surface area contributed by atoms with Crippen LogP contribution in [0, 0.1) is 5.82 Å². The second kappa shape index (κ2) is 6.74. The summed E-state index contributed by atoms with van der Waals surface area (Å²) in [6.07, 6.45) is 0. The topological polar surface area (TPSA) is 53.6 Å². The highest BCUT2D eigenvalue weighted by molar-refractivity contribution is 5.92. The van der Waals surface area contributed by atoms with Crippen LogP contribution in [-0.2, 0) is 6.54 Å². The Morgan fingerprint density at radius 3 is 2.52 bits per heavy atom. The number of para-hydroxylation sites is 1. The number of aliphatic imine (C=N–C) groups is 1. The van der Waals surface area contributed by atoms with Gasteiger partial charge in [0.25, 0.3) is 0 Å². The zero-order chi connectivity index (χ0) is 15.2. The monoisotopic (exact) mass is 286 g/mol. The van der Waals surface area contributed by atoms with Crippen LogP contribution in [0.2, 0.25) is 0 Å². The lowest BCUT2D eigenvalue weighted by Gasteiger charge is -2.13. The van der Waals surface area contributed by atoms with Gasteiger partial charge in [-0.05, 0) is 29.8 Å². The normalized spacial score (nSPS) is 11.3. The Kier molecular flexibility index (Phi) is 4.77. The van der Waals surface area contributed by atoms with E-state index in [1.807, 2.05) is 36.4 Å². The molecule has 2 rings (SSSR count). The Labute approximate surface area is 124 Å². The molecule has 0 aliphatic heterocycles. The Morgan fingerprint density at radius 2 is 1.90 bits per heavy atom. The van der Waals surface area contributed by atoms with Crippen molar-refractivity contribution in [1.29, 1.82) is 0 Å². The van der Waals surface area contributed by atoms with Gasteiger partial charge in [-0.3, -0.25) is 0 Å². The lowest BCUT2D eigenvalue weighted by atomic mass is 10.2. The third kappa shape index (κ3) is 4.21. The molecule has 0 unspecified atom stereocenters. The molecular formula is C16H19FN4. The van der Waals surface area contributed by atoms with Crippen molar-refractivity contribution in [3.8, 4) is 0 Å². The maximum absolute atomic E-state index is 13.8. The summed E-state index contributed by atoms with van der Waals surface area (Å²) in [4.78, 5) is 5.94. The minimum absolute atomic E-state index is 0.262. The minimum atomic E-state index is -0.262. The number of guanidine groups is 1. The number of halogens is 1. The molecule has 5 heteroatoms. The summed E-state index contributed by atoms with van der Waals surface area (Å²) >= 11 is 0. The van der Waals surface area contributed by atoms with Crippen molar-refractivity contribution in [2.75, 3.05) is 24.3 Å². The number of nitrogens with zero attached hydrogens (tertiary/aromatic N) is 2. The lowest BCUT2D eigenvalue weighted by Crippen LogP contribution is -2.22. The van der Waals surface area contributed by atoms with Crippen molar-refractivity contribution in [1.82, 2.24) is 0 Å². The smallest absolute Gasteiger partial charge is 0.193 e. The molecule has 4 nitrogen and oxygen atoms in total. The molecule has 0 atom stereocenters.